The van der Waals surface area contributed by atoms with Crippen LogP contribution in [-0.4, -0.2) is 57.4 Å². The fourth-order valence-corrected chi connectivity index (χ4v) is 2.93. The van der Waals surface area contributed by atoms with E-state index in [2.05, 4.69) is 4.98 Å². The standard InChI is InChI=1S/C17H20FN3O3/c18-15-3-1-14(2-4-15)9-17(12-22)11-21(7-8-24-17)16(23)10-20-6-5-19-13-20/h1-6,13,22H,7-12H2/t17-/m0/s1. The molecule has 0 saturated carbocycles. The van der Waals surface area contributed by atoms with Crippen molar-refractivity contribution in [3.05, 3.63) is 54.4 Å². The summed E-state index contributed by atoms with van der Waals surface area (Å²) in [4.78, 5) is 18.1. The van der Waals surface area contributed by atoms with Gasteiger partial charge in [-0.05, 0) is 17.7 Å². The van der Waals surface area contributed by atoms with Gasteiger partial charge in [-0.3, -0.25) is 4.79 Å². The molecular formula is C17H20FN3O3. The first-order chi connectivity index (χ1) is 11.6. The smallest absolute Gasteiger partial charge is 0.242 e. The number of aliphatic hydroxyl groups excluding tert-OH is 1. The highest BCUT2D eigenvalue weighted by Gasteiger charge is 2.38. The van der Waals surface area contributed by atoms with Crippen LogP contribution in [-0.2, 0) is 22.5 Å². The van der Waals surface area contributed by atoms with Gasteiger partial charge in [-0.1, -0.05) is 12.1 Å². The molecule has 3 rings (SSSR count). The second-order valence-corrected chi connectivity index (χ2v) is 6.04. The number of amides is 1. The Kier molecular flexibility index (Phi) is 4.92. The Hall–Kier alpha value is -2.25. The van der Waals surface area contributed by atoms with Gasteiger partial charge in [-0.2, -0.15) is 0 Å². The van der Waals surface area contributed by atoms with Gasteiger partial charge in [0.2, 0.25) is 5.91 Å². The number of hydrogen-bond donors (Lipinski definition) is 1. The number of nitrogens with zero attached hydrogens (tertiary/aromatic N) is 3. The lowest BCUT2D eigenvalue weighted by Gasteiger charge is -2.42. The molecule has 0 bridgehead atoms. The zero-order chi connectivity index (χ0) is 17.0. The molecule has 1 aromatic heterocycles. The molecule has 128 valence electrons. The van der Waals surface area contributed by atoms with E-state index in [1.54, 1.807) is 40.3 Å². The largest absolute Gasteiger partial charge is 0.393 e. The number of aromatic nitrogens is 2. The molecule has 1 aliphatic heterocycles. The van der Waals surface area contributed by atoms with Gasteiger partial charge in [0.15, 0.2) is 0 Å². The molecule has 1 amide bonds. The van der Waals surface area contributed by atoms with Gasteiger partial charge in [0.25, 0.3) is 0 Å². The first-order valence-corrected chi connectivity index (χ1v) is 7.83. The molecule has 1 aromatic carbocycles. The molecule has 1 atom stereocenters. The van der Waals surface area contributed by atoms with Crippen molar-refractivity contribution < 1.29 is 19.0 Å². The predicted molar refractivity (Wildman–Crippen MR) is 84.7 cm³/mol. The molecule has 0 radical (unpaired) electrons. The Bertz CT molecular complexity index is 675. The highest BCUT2D eigenvalue weighted by atomic mass is 19.1. The number of carbonyl (C=O) groups is 1. The fourth-order valence-electron chi connectivity index (χ4n) is 2.93. The SMILES string of the molecule is O=C(Cn1ccnc1)N1CCO[C@@](CO)(Cc2ccc(F)cc2)C1. The van der Waals surface area contributed by atoms with Crippen LogP contribution in [0.4, 0.5) is 4.39 Å². The Balaban J connectivity index is 1.69. The predicted octanol–water partition coefficient (Wildman–Crippen LogP) is 0.855. The monoisotopic (exact) mass is 333 g/mol. The Morgan fingerprint density at radius 2 is 2.17 bits per heavy atom. The van der Waals surface area contributed by atoms with Crippen molar-refractivity contribution in [2.45, 2.75) is 18.6 Å². The maximum atomic E-state index is 13.0. The molecule has 1 aliphatic rings. The van der Waals surface area contributed by atoms with Crippen LogP contribution in [0.25, 0.3) is 0 Å². The number of ether oxygens (including phenoxy) is 1. The van der Waals surface area contributed by atoms with Crippen molar-refractivity contribution in [3.8, 4) is 0 Å². The second-order valence-electron chi connectivity index (χ2n) is 6.04. The van der Waals surface area contributed by atoms with Crippen molar-refractivity contribution in [2.24, 2.45) is 0 Å². The van der Waals surface area contributed by atoms with E-state index < -0.39 is 5.60 Å². The highest BCUT2D eigenvalue weighted by molar-refractivity contribution is 5.76. The van der Waals surface area contributed by atoms with Crippen LogP contribution in [0.5, 0.6) is 0 Å². The van der Waals surface area contributed by atoms with Crippen LogP contribution in [0.1, 0.15) is 5.56 Å². The summed E-state index contributed by atoms with van der Waals surface area (Å²) in [6, 6.07) is 6.10. The van der Waals surface area contributed by atoms with Gasteiger partial charge >= 0.3 is 0 Å². The third-order valence-corrected chi connectivity index (χ3v) is 4.21. The van der Waals surface area contributed by atoms with Crippen LogP contribution in [0.2, 0.25) is 0 Å². The molecule has 1 N–H and O–H groups in total. The fraction of sp³-hybridized carbons (Fsp3) is 0.412. The van der Waals surface area contributed by atoms with Gasteiger partial charge in [-0.15, -0.1) is 0 Å². The highest BCUT2D eigenvalue weighted by Crippen LogP contribution is 2.23. The van der Waals surface area contributed by atoms with E-state index in [1.807, 2.05) is 0 Å². The van der Waals surface area contributed by atoms with E-state index in [4.69, 9.17) is 4.74 Å². The van der Waals surface area contributed by atoms with Crippen molar-refractivity contribution in [1.29, 1.82) is 0 Å². The number of carbonyl (C=O) groups excluding carboxylic acids is 1. The first-order valence-electron chi connectivity index (χ1n) is 7.83. The van der Waals surface area contributed by atoms with Crippen LogP contribution in [0.3, 0.4) is 0 Å². The molecule has 2 heterocycles. The van der Waals surface area contributed by atoms with Crippen molar-refractivity contribution in [3.63, 3.8) is 0 Å². The number of rotatable bonds is 5. The Morgan fingerprint density at radius 3 is 2.83 bits per heavy atom. The van der Waals surface area contributed by atoms with E-state index in [1.165, 1.54) is 12.1 Å². The lowest BCUT2D eigenvalue weighted by Crippen LogP contribution is -2.57. The maximum absolute atomic E-state index is 13.0. The zero-order valence-electron chi connectivity index (χ0n) is 13.3. The number of halogens is 1. The van der Waals surface area contributed by atoms with Gasteiger partial charge < -0.3 is 19.3 Å². The molecule has 7 heteroatoms. The van der Waals surface area contributed by atoms with E-state index in [0.29, 0.717) is 26.1 Å². The van der Waals surface area contributed by atoms with Gasteiger partial charge in [0.05, 0.1) is 26.1 Å². The summed E-state index contributed by atoms with van der Waals surface area (Å²) in [7, 11) is 0. The summed E-state index contributed by atoms with van der Waals surface area (Å²) in [6.07, 6.45) is 5.37. The van der Waals surface area contributed by atoms with Gasteiger partial charge in [0, 0.05) is 25.4 Å². The summed E-state index contributed by atoms with van der Waals surface area (Å²) in [6.45, 7) is 1.14. The average Bonchev–Trinajstić information content (AvgIpc) is 3.10. The Morgan fingerprint density at radius 1 is 1.38 bits per heavy atom. The topological polar surface area (TPSA) is 67.6 Å². The minimum absolute atomic E-state index is 0.0479. The number of aliphatic hydroxyl groups is 1. The first kappa shape index (κ1) is 16.6. The molecule has 0 aliphatic carbocycles. The summed E-state index contributed by atoms with van der Waals surface area (Å²) < 4.78 is 20.6. The molecule has 0 unspecified atom stereocenters. The lowest BCUT2D eigenvalue weighted by molar-refractivity contribution is -0.158. The summed E-state index contributed by atoms with van der Waals surface area (Å²) in [5.41, 5.74) is -0.00455. The van der Waals surface area contributed by atoms with Crippen LogP contribution in [0, 0.1) is 5.82 Å². The molecule has 2 aromatic rings. The summed E-state index contributed by atoms with van der Waals surface area (Å²) in [5, 5.41) is 9.86. The van der Waals surface area contributed by atoms with Gasteiger partial charge in [-0.25, -0.2) is 9.37 Å². The minimum atomic E-state index is -0.860. The molecule has 1 fully saturated rings. The number of imidazole rings is 1. The molecule has 1 saturated heterocycles. The van der Waals surface area contributed by atoms with Crippen molar-refractivity contribution >= 4 is 5.91 Å². The molecular weight excluding hydrogens is 313 g/mol. The lowest BCUT2D eigenvalue weighted by atomic mass is 9.93. The second kappa shape index (κ2) is 7.11. The molecule has 6 nitrogen and oxygen atoms in total. The average molecular weight is 333 g/mol. The van der Waals surface area contributed by atoms with E-state index in [0.717, 1.165) is 5.56 Å². The number of morpholine rings is 1. The van der Waals surface area contributed by atoms with Crippen LogP contribution >= 0.6 is 0 Å². The van der Waals surface area contributed by atoms with Crippen molar-refractivity contribution in [1.82, 2.24) is 14.5 Å². The van der Waals surface area contributed by atoms with Crippen LogP contribution in [0.15, 0.2) is 43.0 Å². The Labute approximate surface area is 139 Å². The third kappa shape index (κ3) is 3.80. The van der Waals surface area contributed by atoms with Crippen molar-refractivity contribution in [2.75, 3.05) is 26.3 Å². The number of hydrogen-bond acceptors (Lipinski definition) is 4. The van der Waals surface area contributed by atoms with Gasteiger partial charge in [0.1, 0.15) is 18.0 Å². The maximum Gasteiger partial charge on any atom is 0.242 e. The normalized spacial score (nSPS) is 21.0. The summed E-state index contributed by atoms with van der Waals surface area (Å²) >= 11 is 0. The molecule has 0 spiro atoms. The van der Waals surface area contributed by atoms with E-state index in [-0.39, 0.29) is 24.9 Å². The quantitative estimate of drug-likeness (QED) is 0.881. The zero-order valence-corrected chi connectivity index (χ0v) is 13.3. The van der Waals surface area contributed by atoms with E-state index >= 15 is 0 Å². The summed E-state index contributed by atoms with van der Waals surface area (Å²) in [5.74, 6) is -0.355. The number of benzene rings is 1. The van der Waals surface area contributed by atoms with E-state index in [9.17, 15) is 14.3 Å². The molecule has 24 heavy (non-hydrogen) atoms. The minimum Gasteiger partial charge on any atom is -0.393 e. The third-order valence-electron chi connectivity index (χ3n) is 4.21. The van der Waals surface area contributed by atoms with Crippen LogP contribution < -0.4 is 0 Å².